The third-order valence-corrected chi connectivity index (χ3v) is 5.77. The zero-order valence-corrected chi connectivity index (χ0v) is 17.3. The number of fused-ring (bicyclic) bond motifs is 1. The topological polar surface area (TPSA) is 56.6 Å². The molecule has 1 aliphatic rings. The van der Waals surface area contributed by atoms with Crippen LogP contribution >= 0.6 is 0 Å². The summed E-state index contributed by atoms with van der Waals surface area (Å²) < 4.78 is 26.3. The Labute approximate surface area is 174 Å². The molecule has 4 rings (SSSR count). The minimum atomic E-state index is -0.998. The summed E-state index contributed by atoms with van der Waals surface area (Å²) in [5, 5.41) is 0. The van der Waals surface area contributed by atoms with Crippen molar-refractivity contribution in [3.63, 3.8) is 0 Å². The monoisotopic (exact) mass is 409 g/mol. The highest BCUT2D eigenvalue weighted by Crippen LogP contribution is 2.43. The maximum absolute atomic E-state index is 14.0. The van der Waals surface area contributed by atoms with Crippen molar-refractivity contribution in [2.45, 2.75) is 32.0 Å². The average molecular weight is 409 g/mol. The molecule has 0 bridgehead atoms. The van der Waals surface area contributed by atoms with Crippen molar-refractivity contribution < 1.29 is 18.7 Å². The largest absolute Gasteiger partial charge is 0.497 e. The van der Waals surface area contributed by atoms with E-state index in [1.807, 2.05) is 23.6 Å². The van der Waals surface area contributed by atoms with Crippen LogP contribution in [0.5, 0.6) is 11.5 Å². The maximum Gasteiger partial charge on any atom is 0.254 e. The van der Waals surface area contributed by atoms with Crippen molar-refractivity contribution in [2.24, 2.45) is 0 Å². The van der Waals surface area contributed by atoms with Crippen molar-refractivity contribution in [3.05, 3.63) is 77.6 Å². The number of methoxy groups -OCH3 is 2. The Kier molecular flexibility index (Phi) is 5.20. The summed E-state index contributed by atoms with van der Waals surface area (Å²) in [6.07, 6.45) is 4.00. The SMILES string of the molecule is CC[C@]1(c2ccc(OC)cc2OC)C(=O)N(Cc2ccc(F)cc2)Cc2cncn21. The average Bonchev–Trinajstić information content (AvgIpc) is 3.24. The van der Waals surface area contributed by atoms with Crippen molar-refractivity contribution >= 4 is 5.91 Å². The Morgan fingerprint density at radius 3 is 2.57 bits per heavy atom. The summed E-state index contributed by atoms with van der Waals surface area (Å²) in [7, 11) is 3.17. The fraction of sp³-hybridized carbons (Fsp3) is 0.304. The molecule has 1 atom stereocenters. The van der Waals surface area contributed by atoms with E-state index in [2.05, 4.69) is 4.98 Å². The molecule has 2 heterocycles. The van der Waals surface area contributed by atoms with Crippen molar-refractivity contribution in [1.82, 2.24) is 14.5 Å². The van der Waals surface area contributed by atoms with Crippen LogP contribution in [-0.4, -0.2) is 34.6 Å². The molecule has 156 valence electrons. The standard InChI is InChI=1S/C23H24FN3O3/c1-4-23(20-10-9-19(29-2)11-21(20)30-3)22(28)26(14-18-12-25-15-27(18)23)13-16-5-7-17(24)8-6-16/h5-12,15H,4,13-14H2,1-3H3/t23-/m0/s1. The number of amides is 1. The van der Waals surface area contributed by atoms with E-state index in [0.717, 1.165) is 16.8 Å². The van der Waals surface area contributed by atoms with Gasteiger partial charge in [-0.05, 0) is 36.2 Å². The highest BCUT2D eigenvalue weighted by molar-refractivity contribution is 5.90. The smallest absolute Gasteiger partial charge is 0.254 e. The van der Waals surface area contributed by atoms with Crippen LogP contribution in [0.1, 0.15) is 30.2 Å². The van der Waals surface area contributed by atoms with Gasteiger partial charge in [-0.3, -0.25) is 4.79 Å². The number of carbonyl (C=O) groups is 1. The van der Waals surface area contributed by atoms with Gasteiger partial charge in [-0.15, -0.1) is 0 Å². The van der Waals surface area contributed by atoms with E-state index in [-0.39, 0.29) is 11.7 Å². The molecule has 30 heavy (non-hydrogen) atoms. The number of imidazole rings is 1. The van der Waals surface area contributed by atoms with Crippen LogP contribution in [0, 0.1) is 5.82 Å². The molecule has 0 aliphatic carbocycles. The van der Waals surface area contributed by atoms with Gasteiger partial charge >= 0.3 is 0 Å². The van der Waals surface area contributed by atoms with E-state index >= 15 is 0 Å². The number of ether oxygens (including phenoxy) is 2. The van der Waals surface area contributed by atoms with Crippen LogP contribution in [0.4, 0.5) is 4.39 Å². The number of hydrogen-bond acceptors (Lipinski definition) is 4. The van der Waals surface area contributed by atoms with Crippen LogP contribution in [-0.2, 0) is 23.4 Å². The Morgan fingerprint density at radius 1 is 1.13 bits per heavy atom. The van der Waals surface area contributed by atoms with Gasteiger partial charge in [-0.2, -0.15) is 0 Å². The zero-order chi connectivity index (χ0) is 21.3. The van der Waals surface area contributed by atoms with Crippen LogP contribution in [0.3, 0.4) is 0 Å². The first-order valence-electron chi connectivity index (χ1n) is 9.81. The van der Waals surface area contributed by atoms with Crippen molar-refractivity contribution in [2.75, 3.05) is 14.2 Å². The quantitative estimate of drug-likeness (QED) is 0.623. The summed E-state index contributed by atoms with van der Waals surface area (Å²) in [5.74, 6) is 0.878. The fourth-order valence-electron chi connectivity index (χ4n) is 4.25. The number of rotatable bonds is 6. The Bertz CT molecular complexity index is 1060. The van der Waals surface area contributed by atoms with Gasteiger partial charge in [0.1, 0.15) is 17.3 Å². The lowest BCUT2D eigenvalue weighted by Crippen LogP contribution is -2.55. The van der Waals surface area contributed by atoms with Crippen molar-refractivity contribution in [1.29, 1.82) is 0 Å². The molecule has 3 aromatic rings. The molecule has 0 radical (unpaired) electrons. The van der Waals surface area contributed by atoms with Crippen LogP contribution in [0.2, 0.25) is 0 Å². The van der Waals surface area contributed by atoms with E-state index in [9.17, 15) is 9.18 Å². The van der Waals surface area contributed by atoms with Crippen LogP contribution < -0.4 is 9.47 Å². The Morgan fingerprint density at radius 2 is 1.90 bits per heavy atom. The third kappa shape index (κ3) is 3.10. The molecule has 1 aromatic heterocycles. The molecular weight excluding hydrogens is 385 g/mol. The molecular formula is C23H24FN3O3. The number of nitrogens with zero attached hydrogens (tertiary/aromatic N) is 3. The summed E-state index contributed by atoms with van der Waals surface area (Å²) in [4.78, 5) is 20.1. The molecule has 2 aromatic carbocycles. The minimum absolute atomic E-state index is 0.0525. The molecule has 7 heteroatoms. The lowest BCUT2D eigenvalue weighted by atomic mass is 9.82. The molecule has 6 nitrogen and oxygen atoms in total. The molecule has 0 N–H and O–H groups in total. The van der Waals surface area contributed by atoms with Gasteiger partial charge in [0.2, 0.25) is 0 Å². The number of aromatic nitrogens is 2. The first-order chi connectivity index (χ1) is 14.5. The highest BCUT2D eigenvalue weighted by atomic mass is 19.1. The third-order valence-electron chi connectivity index (χ3n) is 5.77. The predicted molar refractivity (Wildman–Crippen MR) is 110 cm³/mol. The van der Waals surface area contributed by atoms with Gasteiger partial charge in [0, 0.05) is 24.4 Å². The first kappa shape index (κ1) is 19.9. The maximum atomic E-state index is 14.0. The second-order valence-electron chi connectivity index (χ2n) is 7.32. The normalized spacial score (nSPS) is 18.3. The number of carbonyl (C=O) groups excluding carboxylic acids is 1. The van der Waals surface area contributed by atoms with E-state index in [4.69, 9.17) is 9.47 Å². The molecule has 0 fully saturated rings. The van der Waals surface area contributed by atoms with E-state index < -0.39 is 5.54 Å². The van der Waals surface area contributed by atoms with E-state index in [0.29, 0.717) is 31.0 Å². The fourth-order valence-corrected chi connectivity index (χ4v) is 4.25. The molecule has 0 spiro atoms. The van der Waals surface area contributed by atoms with Crippen molar-refractivity contribution in [3.8, 4) is 11.5 Å². The Balaban J connectivity index is 1.84. The number of benzene rings is 2. The van der Waals surface area contributed by atoms with Gasteiger partial charge in [0.25, 0.3) is 5.91 Å². The van der Waals surface area contributed by atoms with Gasteiger partial charge in [0.05, 0.1) is 32.8 Å². The molecule has 0 unspecified atom stereocenters. The van der Waals surface area contributed by atoms with Crippen LogP contribution in [0.25, 0.3) is 0 Å². The second kappa shape index (κ2) is 7.82. The van der Waals surface area contributed by atoms with E-state index in [1.54, 1.807) is 49.8 Å². The minimum Gasteiger partial charge on any atom is -0.497 e. The summed E-state index contributed by atoms with van der Waals surface area (Å²) in [5.41, 5.74) is 1.55. The Hall–Kier alpha value is -3.35. The van der Waals surface area contributed by atoms with Gasteiger partial charge in [0.15, 0.2) is 5.54 Å². The highest BCUT2D eigenvalue weighted by Gasteiger charge is 2.49. The molecule has 1 aliphatic heterocycles. The lowest BCUT2D eigenvalue weighted by Gasteiger charge is -2.43. The first-order valence-corrected chi connectivity index (χ1v) is 9.81. The molecule has 0 saturated carbocycles. The summed E-state index contributed by atoms with van der Waals surface area (Å²) in [6, 6.07) is 11.7. The second-order valence-corrected chi connectivity index (χ2v) is 7.32. The number of halogens is 1. The summed E-state index contributed by atoms with van der Waals surface area (Å²) >= 11 is 0. The predicted octanol–water partition coefficient (Wildman–Crippen LogP) is 3.74. The van der Waals surface area contributed by atoms with Gasteiger partial charge in [-0.1, -0.05) is 19.1 Å². The molecule has 0 saturated heterocycles. The van der Waals surface area contributed by atoms with E-state index in [1.165, 1.54) is 12.1 Å². The number of hydrogen-bond donors (Lipinski definition) is 0. The zero-order valence-electron chi connectivity index (χ0n) is 17.3. The summed E-state index contributed by atoms with van der Waals surface area (Å²) in [6.45, 7) is 2.79. The molecule has 1 amide bonds. The van der Waals surface area contributed by atoms with Crippen LogP contribution in [0.15, 0.2) is 55.0 Å². The van der Waals surface area contributed by atoms with Gasteiger partial charge < -0.3 is 18.9 Å². The van der Waals surface area contributed by atoms with Gasteiger partial charge in [-0.25, -0.2) is 9.37 Å². The lowest BCUT2D eigenvalue weighted by molar-refractivity contribution is -0.143.